The number of fused-ring (bicyclic) bond motifs is 5. The molecule has 4 aliphatic rings. The van der Waals surface area contributed by atoms with Crippen molar-refractivity contribution in [1.29, 1.82) is 0 Å². The molecule has 4 saturated carbocycles. The van der Waals surface area contributed by atoms with E-state index in [-0.39, 0.29) is 23.4 Å². The van der Waals surface area contributed by atoms with Crippen LogP contribution in [-0.4, -0.2) is 33.1 Å². The average molecular weight is 403 g/mol. The third-order valence-electron chi connectivity index (χ3n) is 9.92. The van der Waals surface area contributed by atoms with Crippen LogP contribution in [0.1, 0.15) is 76.7 Å². The molecule has 1 aromatic rings. The third-order valence-corrected chi connectivity index (χ3v) is 9.92. The number of aliphatic hydroxyl groups excluding tert-OH is 2. The molecule has 0 aromatic carbocycles. The van der Waals surface area contributed by atoms with Crippen molar-refractivity contribution in [2.24, 2.45) is 28.6 Å². The molecule has 160 valence electrons. The molecule has 1 unspecified atom stereocenters. The maximum Gasteiger partial charge on any atom is 0.335 e. The molecule has 0 aliphatic heterocycles. The number of hydrogen-bond donors (Lipinski definition) is 3. The summed E-state index contributed by atoms with van der Waals surface area (Å²) in [7, 11) is 0. The first kappa shape index (κ1) is 19.8. The fraction of sp³-hybridized carbons (Fsp3) is 0.792. The zero-order valence-electron chi connectivity index (χ0n) is 17.5. The predicted octanol–water partition coefficient (Wildman–Crippen LogP) is 3.21. The van der Waals surface area contributed by atoms with E-state index in [0.717, 1.165) is 50.5 Å². The Morgan fingerprint density at radius 1 is 1.03 bits per heavy atom. The van der Waals surface area contributed by atoms with Crippen LogP contribution in [0.4, 0.5) is 0 Å². The first-order valence-corrected chi connectivity index (χ1v) is 11.4. The van der Waals surface area contributed by atoms with Gasteiger partial charge in [0.05, 0.1) is 24.1 Å². The third kappa shape index (κ3) is 2.60. The van der Waals surface area contributed by atoms with Gasteiger partial charge in [0.25, 0.3) is 0 Å². The van der Waals surface area contributed by atoms with Gasteiger partial charge < -0.3 is 19.7 Å². The second-order valence-corrected chi connectivity index (χ2v) is 10.9. The highest BCUT2D eigenvalue weighted by Crippen LogP contribution is 2.70. The lowest BCUT2D eigenvalue weighted by molar-refractivity contribution is -0.205. The second kappa shape index (κ2) is 6.41. The summed E-state index contributed by atoms with van der Waals surface area (Å²) in [4.78, 5) is 11.4. The fourth-order valence-corrected chi connectivity index (χ4v) is 8.38. The number of rotatable bonds is 1. The van der Waals surface area contributed by atoms with Gasteiger partial charge in [-0.05, 0) is 79.7 Å². The van der Waals surface area contributed by atoms with Crippen LogP contribution >= 0.6 is 0 Å². The van der Waals surface area contributed by atoms with E-state index in [1.807, 2.05) is 0 Å². The Morgan fingerprint density at radius 2 is 1.83 bits per heavy atom. The first-order valence-electron chi connectivity index (χ1n) is 11.4. The topological polar surface area (TPSA) is 90.9 Å². The Morgan fingerprint density at radius 3 is 2.55 bits per heavy atom. The predicted molar refractivity (Wildman–Crippen MR) is 108 cm³/mol. The number of hydrogen-bond acceptors (Lipinski definition) is 5. The van der Waals surface area contributed by atoms with Crippen molar-refractivity contribution in [2.75, 3.05) is 0 Å². The lowest BCUT2D eigenvalue weighted by atomic mass is 9.43. The molecule has 4 aliphatic carbocycles. The van der Waals surface area contributed by atoms with E-state index >= 15 is 0 Å². The zero-order valence-corrected chi connectivity index (χ0v) is 17.5. The molecule has 1 heterocycles. The Hall–Kier alpha value is -1.17. The molecule has 0 amide bonds. The van der Waals surface area contributed by atoms with Crippen molar-refractivity contribution in [3.05, 3.63) is 34.4 Å². The molecular weight excluding hydrogens is 368 g/mol. The number of aliphatic hydroxyl groups is 3. The molecule has 0 bridgehead atoms. The van der Waals surface area contributed by atoms with Gasteiger partial charge in [0.15, 0.2) is 0 Å². The Balaban J connectivity index is 1.52. The fourth-order valence-electron chi connectivity index (χ4n) is 8.38. The van der Waals surface area contributed by atoms with Gasteiger partial charge in [-0.1, -0.05) is 13.8 Å². The smallest absolute Gasteiger partial charge is 0.335 e. The van der Waals surface area contributed by atoms with Crippen molar-refractivity contribution < 1.29 is 19.7 Å². The molecule has 1 aromatic heterocycles. The van der Waals surface area contributed by atoms with E-state index in [4.69, 9.17) is 4.42 Å². The van der Waals surface area contributed by atoms with Crippen LogP contribution in [0.2, 0.25) is 0 Å². The summed E-state index contributed by atoms with van der Waals surface area (Å²) < 4.78 is 5.11. The molecule has 0 spiro atoms. The van der Waals surface area contributed by atoms with Gasteiger partial charge in [-0.2, -0.15) is 0 Å². The molecule has 4 fully saturated rings. The van der Waals surface area contributed by atoms with Crippen molar-refractivity contribution in [2.45, 2.75) is 88.9 Å². The lowest BCUT2D eigenvalue weighted by Crippen LogP contribution is -2.62. The Labute approximate surface area is 172 Å². The largest absolute Gasteiger partial charge is 0.431 e. The van der Waals surface area contributed by atoms with Crippen LogP contribution in [0, 0.1) is 28.6 Å². The van der Waals surface area contributed by atoms with Crippen LogP contribution in [0.25, 0.3) is 0 Å². The summed E-state index contributed by atoms with van der Waals surface area (Å²) in [5.41, 5.74) is -0.766. The van der Waals surface area contributed by atoms with E-state index in [1.54, 1.807) is 6.07 Å². The normalized spacial score (nSPS) is 51.8. The first-order chi connectivity index (χ1) is 13.7. The van der Waals surface area contributed by atoms with Crippen molar-refractivity contribution in [3.63, 3.8) is 0 Å². The van der Waals surface area contributed by atoms with Gasteiger partial charge in [0.1, 0.15) is 0 Å². The maximum absolute atomic E-state index is 12.2. The average Bonchev–Trinajstić information content (AvgIpc) is 2.88. The molecule has 0 saturated heterocycles. The zero-order chi connectivity index (χ0) is 20.6. The van der Waals surface area contributed by atoms with Crippen molar-refractivity contribution in [3.8, 4) is 0 Å². The highest BCUT2D eigenvalue weighted by atomic mass is 16.4. The minimum atomic E-state index is -0.916. The van der Waals surface area contributed by atoms with Crippen LogP contribution in [0.3, 0.4) is 0 Å². The molecular formula is C24H34O5. The summed E-state index contributed by atoms with van der Waals surface area (Å²) in [5, 5.41) is 33.5. The molecule has 5 heteroatoms. The monoisotopic (exact) mass is 402 g/mol. The molecule has 3 N–H and O–H groups in total. The molecule has 29 heavy (non-hydrogen) atoms. The molecule has 5 nitrogen and oxygen atoms in total. The van der Waals surface area contributed by atoms with E-state index < -0.39 is 22.7 Å². The van der Waals surface area contributed by atoms with Crippen molar-refractivity contribution in [1.82, 2.24) is 0 Å². The van der Waals surface area contributed by atoms with Gasteiger partial charge in [0.2, 0.25) is 0 Å². The highest BCUT2D eigenvalue weighted by molar-refractivity contribution is 5.29. The standard InChI is InChI=1S/C24H34O5/c1-22-9-7-16(25)11-15(22)4-5-18-17(22)8-10-23(2)21(19(26)12-24(18,23)28)14-3-6-20(27)29-13-14/h3,6,13,15-19,21,25-26,28H,4-5,7-12H2,1-2H3/t15?,16-,17-,18+,19-,21-,22-,23+,24-/m0/s1. The van der Waals surface area contributed by atoms with Crippen LogP contribution in [0.15, 0.2) is 27.6 Å². The SMILES string of the molecule is C[C@]12CC[C@H](O)CC1CC[C@@H]1[C@@H]2CC[C@]2(C)[C@@H](c3ccc(=O)oc3)[C@@H](O)C[C@]12O. The molecule has 0 radical (unpaired) electrons. The van der Waals surface area contributed by atoms with E-state index in [9.17, 15) is 20.1 Å². The van der Waals surface area contributed by atoms with Gasteiger partial charge in [0, 0.05) is 23.8 Å². The Kier molecular flexibility index (Phi) is 4.37. The maximum atomic E-state index is 12.2. The Bertz CT molecular complexity index is 829. The summed E-state index contributed by atoms with van der Waals surface area (Å²) >= 11 is 0. The van der Waals surface area contributed by atoms with Gasteiger partial charge >= 0.3 is 5.63 Å². The summed E-state index contributed by atoms with van der Waals surface area (Å²) in [6.07, 6.45) is 7.75. The highest BCUT2D eigenvalue weighted by Gasteiger charge is 2.69. The summed E-state index contributed by atoms with van der Waals surface area (Å²) in [6.45, 7) is 4.52. The molecule has 9 atom stereocenters. The van der Waals surface area contributed by atoms with Crippen molar-refractivity contribution >= 4 is 0 Å². The summed E-state index contributed by atoms with van der Waals surface area (Å²) in [6, 6.07) is 3.16. The summed E-state index contributed by atoms with van der Waals surface area (Å²) in [5.74, 6) is 0.919. The lowest BCUT2D eigenvalue weighted by Gasteiger charge is -2.63. The van der Waals surface area contributed by atoms with E-state index in [1.165, 1.54) is 12.3 Å². The minimum absolute atomic E-state index is 0.168. The van der Waals surface area contributed by atoms with Crippen LogP contribution in [0.5, 0.6) is 0 Å². The van der Waals surface area contributed by atoms with Gasteiger partial charge in [-0.3, -0.25) is 0 Å². The van der Waals surface area contributed by atoms with Crippen LogP contribution < -0.4 is 5.63 Å². The van der Waals surface area contributed by atoms with Gasteiger partial charge in [-0.25, -0.2) is 4.79 Å². The quantitative estimate of drug-likeness (QED) is 0.671. The van der Waals surface area contributed by atoms with E-state index in [2.05, 4.69) is 13.8 Å². The van der Waals surface area contributed by atoms with E-state index in [0.29, 0.717) is 18.3 Å². The second-order valence-electron chi connectivity index (χ2n) is 10.9. The van der Waals surface area contributed by atoms with Crippen LogP contribution in [-0.2, 0) is 0 Å². The molecule has 5 rings (SSSR count). The minimum Gasteiger partial charge on any atom is -0.431 e. The van der Waals surface area contributed by atoms with Gasteiger partial charge in [-0.15, -0.1) is 0 Å².